The number of methoxy groups -OCH3 is 1. The number of piperazine rings is 2. The smallest absolute Gasteiger partial charge is 0.409 e. The van der Waals surface area contributed by atoms with Gasteiger partial charge in [0, 0.05) is 71.6 Å². The fraction of sp³-hybridized carbons (Fsp3) is 0.613. The minimum atomic E-state index is -1.22. The zero-order valence-electron chi connectivity index (χ0n) is 27.2. The summed E-state index contributed by atoms with van der Waals surface area (Å²) in [5.74, 6) is 0.610. The topological polar surface area (TPSA) is 92.1 Å². The summed E-state index contributed by atoms with van der Waals surface area (Å²) < 4.78 is 12.9. The fourth-order valence-electron chi connectivity index (χ4n) is 6.11. The molecule has 0 bridgehead atoms. The Morgan fingerprint density at radius 3 is 2.41 bits per heavy atom. The maximum absolute atomic E-state index is 12.2. The lowest BCUT2D eigenvalue weighted by Crippen LogP contribution is -2.58. The first-order chi connectivity index (χ1) is 21.0. The Hall–Kier alpha value is -2.93. The van der Waals surface area contributed by atoms with Gasteiger partial charge < -0.3 is 29.1 Å². The highest BCUT2D eigenvalue weighted by molar-refractivity contribution is 6.76. The molecule has 44 heavy (non-hydrogen) atoms. The van der Waals surface area contributed by atoms with Gasteiger partial charge in [-0.2, -0.15) is 5.10 Å². The van der Waals surface area contributed by atoms with E-state index in [4.69, 9.17) is 36.1 Å². The molecule has 2 aliphatic heterocycles. The monoisotopic (exact) mass is 642 g/mol. The van der Waals surface area contributed by atoms with Crippen LogP contribution in [0.5, 0.6) is 0 Å². The van der Waals surface area contributed by atoms with E-state index in [9.17, 15) is 4.79 Å². The van der Waals surface area contributed by atoms with Crippen LogP contribution < -0.4 is 9.80 Å². The summed E-state index contributed by atoms with van der Waals surface area (Å²) in [5.41, 5.74) is 4.25. The summed E-state index contributed by atoms with van der Waals surface area (Å²) in [5, 5.41) is 5.71. The molecule has 13 heteroatoms. The molecule has 0 N–H and O–H groups in total. The summed E-state index contributed by atoms with van der Waals surface area (Å²) in [6.07, 6.45) is 1.52. The highest BCUT2D eigenvalue weighted by Gasteiger charge is 2.34. The number of nitrogens with zero attached hydrogens (tertiary/aromatic N) is 8. The van der Waals surface area contributed by atoms with Crippen molar-refractivity contribution in [2.24, 2.45) is 0 Å². The van der Waals surface area contributed by atoms with Crippen molar-refractivity contribution < 1.29 is 14.3 Å². The van der Waals surface area contributed by atoms with Gasteiger partial charge in [-0.05, 0) is 38.6 Å². The molecular formula is C31H47ClN8O3Si. The molecule has 1 aromatic carbocycles. The predicted molar refractivity (Wildman–Crippen MR) is 180 cm³/mol. The van der Waals surface area contributed by atoms with Crippen molar-refractivity contribution in [2.45, 2.75) is 65.3 Å². The van der Waals surface area contributed by atoms with Gasteiger partial charge in [0.15, 0.2) is 0 Å². The van der Waals surface area contributed by atoms with E-state index in [2.05, 4.69) is 67.2 Å². The molecule has 2 aliphatic rings. The van der Waals surface area contributed by atoms with E-state index in [1.807, 2.05) is 16.9 Å². The van der Waals surface area contributed by atoms with Crippen molar-refractivity contribution in [3.8, 4) is 11.3 Å². The average Bonchev–Trinajstić information content (AvgIpc) is 3.36. The highest BCUT2D eigenvalue weighted by atomic mass is 35.5. The average molecular weight is 643 g/mol. The normalized spacial score (nSPS) is 20.0. The zero-order valence-corrected chi connectivity index (χ0v) is 29.0. The van der Waals surface area contributed by atoms with Crippen molar-refractivity contribution in [3.63, 3.8) is 0 Å². The third-order valence-corrected chi connectivity index (χ3v) is 10.7. The molecule has 0 radical (unpaired) electrons. The number of hydrogen-bond acceptors (Lipinski definition) is 9. The SMILES string of the molecule is CCN1CCN(c2ccc(-c3nn(COCC[Si](C)(C)C)c4cnc(N5[C@H](C)CN(C(=O)OC)C[C@@H]5C)nc34)cc2Cl)CC1. The van der Waals surface area contributed by atoms with Crippen LogP contribution in [0, 0.1) is 0 Å². The first kappa shape index (κ1) is 32.5. The number of carbonyl (C=O) groups excluding carboxylic acids is 1. The van der Waals surface area contributed by atoms with Crippen LogP contribution >= 0.6 is 11.6 Å². The van der Waals surface area contributed by atoms with Gasteiger partial charge in [0.1, 0.15) is 23.5 Å². The lowest BCUT2D eigenvalue weighted by atomic mass is 10.1. The van der Waals surface area contributed by atoms with Crippen molar-refractivity contribution >= 4 is 48.4 Å². The number of anilines is 2. The number of ether oxygens (including phenoxy) is 2. The molecule has 0 aliphatic carbocycles. The van der Waals surface area contributed by atoms with E-state index in [0.29, 0.717) is 37.4 Å². The van der Waals surface area contributed by atoms with E-state index in [0.717, 1.165) is 66.7 Å². The number of aromatic nitrogens is 4. The van der Waals surface area contributed by atoms with Crippen LogP contribution in [-0.2, 0) is 16.2 Å². The van der Waals surface area contributed by atoms with Crippen LogP contribution in [0.1, 0.15) is 20.8 Å². The summed E-state index contributed by atoms with van der Waals surface area (Å²) in [6, 6.07) is 7.28. The predicted octanol–water partition coefficient (Wildman–Crippen LogP) is 5.27. The Morgan fingerprint density at radius 1 is 1.09 bits per heavy atom. The number of hydrogen-bond donors (Lipinski definition) is 0. The van der Waals surface area contributed by atoms with Gasteiger partial charge in [-0.15, -0.1) is 0 Å². The van der Waals surface area contributed by atoms with E-state index in [1.165, 1.54) is 7.11 Å². The van der Waals surface area contributed by atoms with Gasteiger partial charge in [-0.1, -0.05) is 44.2 Å². The second kappa shape index (κ2) is 13.6. The molecule has 11 nitrogen and oxygen atoms in total. The molecule has 4 heterocycles. The number of likely N-dealkylation sites (N-methyl/N-ethyl adjacent to an activating group) is 1. The number of fused-ring (bicyclic) bond motifs is 1. The Labute approximate surface area is 267 Å². The van der Waals surface area contributed by atoms with Gasteiger partial charge >= 0.3 is 6.09 Å². The van der Waals surface area contributed by atoms with Crippen molar-refractivity contribution in [1.82, 2.24) is 29.5 Å². The second-order valence-corrected chi connectivity index (χ2v) is 19.2. The van der Waals surface area contributed by atoms with Crippen LogP contribution in [0.25, 0.3) is 22.3 Å². The van der Waals surface area contributed by atoms with Gasteiger partial charge in [-0.3, -0.25) is 0 Å². The fourth-order valence-corrected chi connectivity index (χ4v) is 7.17. The van der Waals surface area contributed by atoms with Crippen molar-refractivity contribution in [2.75, 3.05) is 69.3 Å². The third kappa shape index (κ3) is 7.14. The Bertz CT molecular complexity index is 1440. The minimum absolute atomic E-state index is 0.000552. The van der Waals surface area contributed by atoms with Crippen molar-refractivity contribution in [3.05, 3.63) is 29.4 Å². The molecule has 2 aromatic heterocycles. The van der Waals surface area contributed by atoms with Crippen LogP contribution in [0.2, 0.25) is 30.7 Å². The van der Waals surface area contributed by atoms with Crippen molar-refractivity contribution in [1.29, 1.82) is 0 Å². The van der Waals surface area contributed by atoms with Crippen LogP contribution in [0.4, 0.5) is 16.4 Å². The molecule has 3 aromatic rings. The molecule has 5 rings (SSSR count). The number of carbonyl (C=O) groups is 1. The molecular weight excluding hydrogens is 596 g/mol. The number of benzene rings is 1. The Morgan fingerprint density at radius 2 is 1.80 bits per heavy atom. The second-order valence-electron chi connectivity index (χ2n) is 13.2. The Kier molecular flexibility index (Phi) is 10.0. The molecule has 2 atom stereocenters. The van der Waals surface area contributed by atoms with E-state index < -0.39 is 8.07 Å². The summed E-state index contributed by atoms with van der Waals surface area (Å²) >= 11 is 6.93. The van der Waals surface area contributed by atoms with Gasteiger partial charge in [0.05, 0.1) is 24.0 Å². The molecule has 0 saturated carbocycles. The van der Waals surface area contributed by atoms with Crippen LogP contribution in [-0.4, -0.2) is 115 Å². The molecule has 240 valence electrons. The first-order valence-corrected chi connectivity index (χ1v) is 19.8. The van der Waals surface area contributed by atoms with E-state index >= 15 is 0 Å². The molecule has 0 unspecified atom stereocenters. The molecule has 2 fully saturated rings. The van der Waals surface area contributed by atoms with Gasteiger partial charge in [0.25, 0.3) is 0 Å². The summed E-state index contributed by atoms with van der Waals surface area (Å²) in [6.45, 7) is 20.5. The Balaban J connectivity index is 1.47. The quantitative estimate of drug-likeness (QED) is 0.229. The van der Waals surface area contributed by atoms with E-state index in [-0.39, 0.29) is 18.2 Å². The number of amides is 1. The number of rotatable bonds is 9. The largest absolute Gasteiger partial charge is 0.453 e. The molecule has 2 saturated heterocycles. The lowest BCUT2D eigenvalue weighted by molar-refractivity contribution is 0.0818. The number of halogens is 1. The zero-order chi connectivity index (χ0) is 31.6. The maximum atomic E-state index is 12.2. The lowest BCUT2D eigenvalue weighted by Gasteiger charge is -2.43. The molecule has 1 amide bonds. The van der Waals surface area contributed by atoms with Gasteiger partial charge in [0.2, 0.25) is 5.95 Å². The van der Waals surface area contributed by atoms with Crippen LogP contribution in [0.15, 0.2) is 24.4 Å². The standard InChI is InChI=1S/C31H47ClN8O3Si/c1-8-36-11-13-37(14-12-36)26-10-9-24(17-25(26)32)28-29-27(39(35-28)21-43-15-16-44(5,6)7)18-33-30(34-29)40-22(2)19-38(20-23(40)3)31(41)42-4/h9-10,17-18,22-23H,8,11-16,19-21H2,1-7H3/t22-,23+. The maximum Gasteiger partial charge on any atom is 0.409 e. The van der Waals surface area contributed by atoms with Crippen LogP contribution in [0.3, 0.4) is 0 Å². The molecule has 0 spiro atoms. The summed E-state index contributed by atoms with van der Waals surface area (Å²) in [7, 11) is 0.195. The first-order valence-electron chi connectivity index (χ1n) is 15.7. The minimum Gasteiger partial charge on any atom is -0.453 e. The van der Waals surface area contributed by atoms with Gasteiger partial charge in [-0.25, -0.2) is 19.4 Å². The summed E-state index contributed by atoms with van der Waals surface area (Å²) in [4.78, 5) is 30.9. The highest BCUT2D eigenvalue weighted by Crippen LogP contribution is 2.35. The third-order valence-electron chi connectivity index (χ3n) is 8.65. The van der Waals surface area contributed by atoms with E-state index in [1.54, 1.807) is 4.90 Å².